The van der Waals surface area contributed by atoms with Gasteiger partial charge in [-0.25, -0.2) is 4.79 Å². The predicted octanol–water partition coefficient (Wildman–Crippen LogP) is 3.35. The van der Waals surface area contributed by atoms with Crippen molar-refractivity contribution in [1.82, 2.24) is 20.1 Å². The van der Waals surface area contributed by atoms with Crippen LogP contribution in [0.3, 0.4) is 0 Å². The van der Waals surface area contributed by atoms with Crippen LogP contribution in [-0.2, 0) is 21.5 Å². The summed E-state index contributed by atoms with van der Waals surface area (Å²) >= 11 is 0. The molecule has 0 radical (unpaired) electrons. The molecule has 0 bridgehead atoms. The lowest BCUT2D eigenvalue weighted by Gasteiger charge is -2.40. The number of aromatic nitrogens is 1. The molecule has 3 aliphatic heterocycles. The molecule has 0 aliphatic carbocycles. The second kappa shape index (κ2) is 10.2. The first-order valence-electron chi connectivity index (χ1n) is 12.6. The van der Waals surface area contributed by atoms with Gasteiger partial charge in [0.25, 0.3) is 5.91 Å². The minimum absolute atomic E-state index is 0.0127. The highest BCUT2D eigenvalue weighted by atomic mass is 16.5. The van der Waals surface area contributed by atoms with E-state index in [1.165, 1.54) is 10.5 Å². The van der Waals surface area contributed by atoms with Gasteiger partial charge in [0.2, 0.25) is 0 Å². The summed E-state index contributed by atoms with van der Waals surface area (Å²) < 4.78 is 5.72. The Labute approximate surface area is 201 Å². The number of imide groups is 1. The summed E-state index contributed by atoms with van der Waals surface area (Å²) in [4.78, 5) is 35.3. The largest absolute Gasteiger partial charge is 0.376 e. The Balaban J connectivity index is 1.27. The average molecular weight is 463 g/mol. The molecule has 2 aromatic rings. The summed E-state index contributed by atoms with van der Waals surface area (Å²) in [5, 5.41) is 3.11. The van der Waals surface area contributed by atoms with Gasteiger partial charge >= 0.3 is 6.03 Å². The lowest BCUT2D eigenvalue weighted by molar-refractivity contribution is -0.135. The van der Waals surface area contributed by atoms with E-state index in [1.54, 1.807) is 6.20 Å². The van der Waals surface area contributed by atoms with Crippen molar-refractivity contribution in [3.8, 4) is 0 Å². The molecular weight excluding hydrogens is 428 g/mol. The standard InChI is InChI=1S/C27H34N4O3/c32-25-27(24-12-4-5-15-28-24,29-26(33)31(25)20-23-11-7-19-34-23)22-13-17-30(18-14-22)16-6-10-21-8-2-1-3-9-21/h1-5,8-9,12,15,22-23H,6-7,10-11,13-14,16-20H2,(H,29,33)/t23-,27+/m0/s1. The van der Waals surface area contributed by atoms with Crippen LogP contribution in [0, 0.1) is 5.92 Å². The number of aryl methyl sites for hydroxylation is 1. The quantitative estimate of drug-likeness (QED) is 0.609. The van der Waals surface area contributed by atoms with Gasteiger partial charge in [0, 0.05) is 12.8 Å². The maximum Gasteiger partial charge on any atom is 0.325 e. The molecule has 1 aromatic heterocycles. The van der Waals surface area contributed by atoms with E-state index in [2.05, 4.69) is 45.5 Å². The van der Waals surface area contributed by atoms with Crippen LogP contribution >= 0.6 is 0 Å². The maximum absolute atomic E-state index is 13.9. The van der Waals surface area contributed by atoms with E-state index in [-0.39, 0.29) is 24.0 Å². The monoisotopic (exact) mass is 462 g/mol. The Morgan fingerprint density at radius 1 is 1.03 bits per heavy atom. The average Bonchev–Trinajstić information content (AvgIpc) is 3.48. The third kappa shape index (κ3) is 4.59. The van der Waals surface area contributed by atoms with Crippen molar-refractivity contribution in [3.63, 3.8) is 0 Å². The van der Waals surface area contributed by atoms with Gasteiger partial charge in [-0.1, -0.05) is 36.4 Å². The van der Waals surface area contributed by atoms with E-state index in [4.69, 9.17) is 4.74 Å². The zero-order valence-corrected chi connectivity index (χ0v) is 19.7. The highest BCUT2D eigenvalue weighted by molar-refractivity contribution is 6.07. The van der Waals surface area contributed by atoms with Crippen molar-refractivity contribution in [1.29, 1.82) is 0 Å². The third-order valence-corrected chi connectivity index (χ3v) is 7.59. The summed E-state index contributed by atoms with van der Waals surface area (Å²) in [6, 6.07) is 15.9. The molecule has 3 fully saturated rings. The van der Waals surface area contributed by atoms with Crippen molar-refractivity contribution in [2.24, 2.45) is 5.92 Å². The van der Waals surface area contributed by atoms with E-state index >= 15 is 0 Å². The Bertz CT molecular complexity index is 972. The van der Waals surface area contributed by atoms with Gasteiger partial charge < -0.3 is 15.0 Å². The number of carbonyl (C=O) groups is 2. The van der Waals surface area contributed by atoms with Gasteiger partial charge in [-0.3, -0.25) is 14.7 Å². The number of nitrogens with one attached hydrogen (secondary N) is 1. The number of benzene rings is 1. The number of rotatable bonds is 8. The van der Waals surface area contributed by atoms with E-state index in [0.29, 0.717) is 18.8 Å². The van der Waals surface area contributed by atoms with Crippen LogP contribution in [-0.4, -0.2) is 65.6 Å². The molecule has 0 saturated carbocycles. The number of piperidine rings is 1. The third-order valence-electron chi connectivity index (χ3n) is 7.59. The first-order valence-corrected chi connectivity index (χ1v) is 12.6. The van der Waals surface area contributed by atoms with Crippen molar-refractivity contribution in [3.05, 3.63) is 66.0 Å². The second-order valence-corrected chi connectivity index (χ2v) is 9.71. The number of likely N-dealkylation sites (tertiary alicyclic amines) is 1. The molecule has 7 nitrogen and oxygen atoms in total. The van der Waals surface area contributed by atoms with E-state index in [0.717, 1.165) is 58.2 Å². The smallest absolute Gasteiger partial charge is 0.325 e. The molecule has 34 heavy (non-hydrogen) atoms. The fraction of sp³-hybridized carbons (Fsp3) is 0.519. The molecule has 3 aliphatic rings. The molecule has 4 heterocycles. The number of amides is 3. The minimum atomic E-state index is -1.09. The predicted molar refractivity (Wildman–Crippen MR) is 129 cm³/mol. The van der Waals surface area contributed by atoms with Crippen LogP contribution in [0.15, 0.2) is 54.7 Å². The Morgan fingerprint density at radius 2 is 1.82 bits per heavy atom. The van der Waals surface area contributed by atoms with Crippen LogP contribution in [0.2, 0.25) is 0 Å². The minimum Gasteiger partial charge on any atom is -0.376 e. The van der Waals surface area contributed by atoms with Crippen LogP contribution in [0.4, 0.5) is 4.79 Å². The van der Waals surface area contributed by atoms with Gasteiger partial charge in [-0.05, 0) is 81.8 Å². The highest BCUT2D eigenvalue weighted by Crippen LogP contribution is 2.41. The van der Waals surface area contributed by atoms with Crippen molar-refractivity contribution >= 4 is 11.9 Å². The molecule has 1 N–H and O–H groups in total. The lowest BCUT2D eigenvalue weighted by atomic mass is 9.75. The number of urea groups is 1. The summed E-state index contributed by atoms with van der Waals surface area (Å²) in [6.45, 7) is 3.90. The zero-order chi connectivity index (χ0) is 23.4. The number of carbonyl (C=O) groups excluding carboxylic acids is 2. The molecule has 2 atom stereocenters. The van der Waals surface area contributed by atoms with Crippen molar-refractivity contribution in [2.75, 3.05) is 32.8 Å². The van der Waals surface area contributed by atoms with Gasteiger partial charge in [-0.2, -0.15) is 0 Å². The molecule has 0 unspecified atom stereocenters. The van der Waals surface area contributed by atoms with Crippen LogP contribution in [0.5, 0.6) is 0 Å². The van der Waals surface area contributed by atoms with Crippen LogP contribution in [0.1, 0.15) is 43.4 Å². The fourth-order valence-electron chi connectivity index (χ4n) is 5.75. The molecule has 5 rings (SSSR count). The van der Waals surface area contributed by atoms with Gasteiger partial charge in [-0.15, -0.1) is 0 Å². The molecule has 3 amide bonds. The molecule has 0 spiro atoms. The summed E-state index contributed by atoms with van der Waals surface area (Å²) in [5.41, 5.74) is 0.926. The topological polar surface area (TPSA) is 74.8 Å². The zero-order valence-electron chi connectivity index (χ0n) is 19.7. The second-order valence-electron chi connectivity index (χ2n) is 9.71. The summed E-state index contributed by atoms with van der Waals surface area (Å²) in [6.07, 6.45) is 7.38. The van der Waals surface area contributed by atoms with Crippen molar-refractivity contribution < 1.29 is 14.3 Å². The molecule has 7 heteroatoms. The van der Waals surface area contributed by atoms with Crippen LogP contribution in [0.25, 0.3) is 0 Å². The number of hydrogen-bond donors (Lipinski definition) is 1. The van der Waals surface area contributed by atoms with E-state index in [9.17, 15) is 9.59 Å². The number of pyridine rings is 1. The van der Waals surface area contributed by atoms with Crippen molar-refractivity contribution in [2.45, 2.75) is 50.2 Å². The normalized spacial score (nSPS) is 26.2. The Kier molecular flexibility index (Phi) is 6.92. The molecular formula is C27H34N4O3. The number of hydrogen-bond acceptors (Lipinski definition) is 5. The number of nitrogens with zero attached hydrogens (tertiary/aromatic N) is 3. The first kappa shape index (κ1) is 23.0. The molecule has 1 aromatic carbocycles. The van der Waals surface area contributed by atoms with Gasteiger partial charge in [0.1, 0.15) is 0 Å². The Hall–Kier alpha value is -2.77. The Morgan fingerprint density at radius 3 is 2.53 bits per heavy atom. The van der Waals surface area contributed by atoms with Crippen LogP contribution < -0.4 is 5.32 Å². The summed E-state index contributed by atoms with van der Waals surface area (Å²) in [5.74, 6) is -0.159. The molecule has 3 saturated heterocycles. The maximum atomic E-state index is 13.9. The first-order chi connectivity index (χ1) is 16.7. The number of ether oxygens (including phenoxy) is 1. The lowest BCUT2D eigenvalue weighted by Crippen LogP contribution is -2.54. The SMILES string of the molecule is O=C1N[C@@](c2ccccn2)(C2CCN(CCCc3ccccc3)CC2)C(=O)N1C[C@@H]1CCCO1. The fourth-order valence-corrected chi connectivity index (χ4v) is 5.75. The van der Waals surface area contributed by atoms with Gasteiger partial charge in [0.05, 0.1) is 18.3 Å². The highest BCUT2D eigenvalue weighted by Gasteiger charge is 2.58. The van der Waals surface area contributed by atoms with E-state index in [1.807, 2.05) is 18.2 Å². The molecule has 180 valence electrons. The summed E-state index contributed by atoms with van der Waals surface area (Å²) in [7, 11) is 0. The van der Waals surface area contributed by atoms with Gasteiger partial charge in [0.15, 0.2) is 5.54 Å². The van der Waals surface area contributed by atoms with E-state index < -0.39 is 5.54 Å².